The standard InChI is InChI=1S/C17H21N5O5/c1-20(2)17-18-15(27-19-17)11-5-4-8-21(10-11)12-6-7-14(22(24)25)13(9-12)16(23)26-3/h6-7,9,11H,4-5,8,10H2,1-3H3/t11-/m0/s1. The Kier molecular flexibility index (Phi) is 5.24. The predicted octanol–water partition coefficient (Wildman–Crippen LogP) is 2.21. The van der Waals surface area contributed by atoms with Gasteiger partial charge < -0.3 is 19.1 Å². The molecule has 0 unspecified atom stereocenters. The Morgan fingerprint density at radius 3 is 2.85 bits per heavy atom. The largest absolute Gasteiger partial charge is 0.465 e. The minimum atomic E-state index is -0.732. The van der Waals surface area contributed by atoms with Gasteiger partial charge in [0.05, 0.1) is 18.0 Å². The summed E-state index contributed by atoms with van der Waals surface area (Å²) < 4.78 is 10.1. The normalized spacial score (nSPS) is 16.9. The molecule has 144 valence electrons. The van der Waals surface area contributed by atoms with Crippen molar-refractivity contribution in [2.75, 3.05) is 44.1 Å². The van der Waals surface area contributed by atoms with E-state index in [1.807, 2.05) is 14.1 Å². The van der Waals surface area contributed by atoms with Crippen molar-refractivity contribution in [2.45, 2.75) is 18.8 Å². The SMILES string of the molecule is COC(=O)c1cc(N2CCC[C@H](c3nc(N(C)C)no3)C2)ccc1[N+](=O)[O-]. The first kappa shape index (κ1) is 18.6. The average Bonchev–Trinajstić information content (AvgIpc) is 3.17. The van der Waals surface area contributed by atoms with Crippen molar-refractivity contribution in [1.82, 2.24) is 10.1 Å². The van der Waals surface area contributed by atoms with Gasteiger partial charge >= 0.3 is 5.97 Å². The lowest BCUT2D eigenvalue weighted by Gasteiger charge is -2.33. The topological polar surface area (TPSA) is 115 Å². The molecule has 0 bridgehead atoms. The summed E-state index contributed by atoms with van der Waals surface area (Å²) >= 11 is 0. The summed E-state index contributed by atoms with van der Waals surface area (Å²) in [6, 6.07) is 4.49. The third-order valence-corrected chi connectivity index (χ3v) is 4.55. The Bertz CT molecular complexity index is 850. The van der Waals surface area contributed by atoms with Crippen molar-refractivity contribution in [1.29, 1.82) is 0 Å². The molecule has 0 saturated carbocycles. The van der Waals surface area contributed by atoms with Crippen LogP contribution in [0.4, 0.5) is 17.3 Å². The van der Waals surface area contributed by atoms with Crippen LogP contribution in [0.5, 0.6) is 0 Å². The van der Waals surface area contributed by atoms with E-state index in [9.17, 15) is 14.9 Å². The lowest BCUT2D eigenvalue weighted by atomic mass is 9.97. The maximum absolute atomic E-state index is 11.9. The zero-order valence-electron chi connectivity index (χ0n) is 15.4. The van der Waals surface area contributed by atoms with Crippen LogP contribution < -0.4 is 9.80 Å². The third-order valence-electron chi connectivity index (χ3n) is 4.55. The maximum atomic E-state index is 11.9. The highest BCUT2D eigenvalue weighted by Crippen LogP contribution is 2.32. The molecule has 0 N–H and O–H groups in total. The second-order valence-corrected chi connectivity index (χ2v) is 6.56. The highest BCUT2D eigenvalue weighted by atomic mass is 16.6. The van der Waals surface area contributed by atoms with Gasteiger partial charge in [-0.25, -0.2) is 4.79 Å². The number of ether oxygens (including phenoxy) is 1. The number of esters is 1. The number of carbonyl (C=O) groups is 1. The molecule has 3 rings (SSSR count). The molecule has 1 aliphatic rings. The van der Waals surface area contributed by atoms with E-state index in [2.05, 4.69) is 19.8 Å². The molecule has 1 atom stereocenters. The summed E-state index contributed by atoms with van der Waals surface area (Å²) in [6.45, 7) is 1.39. The smallest absolute Gasteiger partial charge is 0.344 e. The summed E-state index contributed by atoms with van der Waals surface area (Å²) in [4.78, 5) is 30.8. The summed E-state index contributed by atoms with van der Waals surface area (Å²) in [5, 5.41) is 15.1. The van der Waals surface area contributed by atoms with Crippen LogP contribution in [-0.4, -0.2) is 55.3 Å². The van der Waals surface area contributed by atoms with Crippen molar-refractivity contribution in [2.24, 2.45) is 0 Å². The Balaban J connectivity index is 1.85. The first-order chi connectivity index (χ1) is 12.9. The zero-order chi connectivity index (χ0) is 19.6. The summed E-state index contributed by atoms with van der Waals surface area (Å²) in [5.74, 6) is 0.408. The molecular weight excluding hydrogens is 354 g/mol. The van der Waals surface area contributed by atoms with Crippen molar-refractivity contribution in [3.8, 4) is 0 Å². The van der Waals surface area contributed by atoms with Gasteiger partial charge in [-0.3, -0.25) is 10.1 Å². The molecule has 1 aromatic heterocycles. The van der Waals surface area contributed by atoms with E-state index in [-0.39, 0.29) is 17.2 Å². The van der Waals surface area contributed by atoms with Gasteiger partial charge in [-0.15, -0.1) is 0 Å². The highest BCUT2D eigenvalue weighted by Gasteiger charge is 2.28. The molecule has 0 aliphatic carbocycles. The number of nitro benzene ring substituents is 1. The van der Waals surface area contributed by atoms with E-state index in [0.717, 1.165) is 25.1 Å². The zero-order valence-corrected chi connectivity index (χ0v) is 15.4. The van der Waals surface area contributed by atoms with Crippen LogP contribution in [-0.2, 0) is 4.74 Å². The quantitative estimate of drug-likeness (QED) is 0.440. The van der Waals surface area contributed by atoms with Gasteiger partial charge in [0.15, 0.2) is 0 Å². The van der Waals surface area contributed by atoms with Gasteiger partial charge in [-0.2, -0.15) is 4.98 Å². The van der Waals surface area contributed by atoms with E-state index in [4.69, 9.17) is 4.52 Å². The van der Waals surface area contributed by atoms with Crippen molar-refractivity contribution in [3.63, 3.8) is 0 Å². The summed E-state index contributed by atoms with van der Waals surface area (Å²) in [5.41, 5.74) is 0.388. The van der Waals surface area contributed by atoms with E-state index in [0.29, 0.717) is 18.4 Å². The average molecular weight is 375 g/mol. The minimum Gasteiger partial charge on any atom is -0.465 e. The molecular formula is C17H21N5O5. The van der Waals surface area contributed by atoms with Crippen molar-refractivity contribution >= 4 is 23.3 Å². The highest BCUT2D eigenvalue weighted by molar-refractivity contribution is 5.95. The number of nitrogens with zero attached hydrogens (tertiary/aromatic N) is 5. The van der Waals surface area contributed by atoms with Crippen LogP contribution in [0.2, 0.25) is 0 Å². The number of rotatable bonds is 5. The number of methoxy groups -OCH3 is 1. The summed E-state index contributed by atoms with van der Waals surface area (Å²) in [6.07, 6.45) is 1.80. The second kappa shape index (κ2) is 7.60. The van der Waals surface area contributed by atoms with Crippen LogP contribution in [0, 0.1) is 10.1 Å². The number of aromatic nitrogens is 2. The van der Waals surface area contributed by atoms with Gasteiger partial charge in [0.25, 0.3) is 11.6 Å². The Hall–Kier alpha value is -3.17. The molecule has 0 amide bonds. The number of piperidine rings is 1. The predicted molar refractivity (Wildman–Crippen MR) is 97.2 cm³/mol. The molecule has 1 aliphatic heterocycles. The fourth-order valence-corrected chi connectivity index (χ4v) is 3.14. The van der Waals surface area contributed by atoms with Gasteiger partial charge in [0.1, 0.15) is 5.56 Å². The van der Waals surface area contributed by atoms with Crippen LogP contribution >= 0.6 is 0 Å². The minimum absolute atomic E-state index is 0.0525. The molecule has 0 radical (unpaired) electrons. The second-order valence-electron chi connectivity index (χ2n) is 6.56. The number of nitro groups is 1. The van der Waals surface area contributed by atoms with Crippen LogP contribution in [0.15, 0.2) is 22.7 Å². The van der Waals surface area contributed by atoms with Gasteiger partial charge in [-0.05, 0) is 30.1 Å². The Labute approximate surface area is 155 Å². The van der Waals surface area contributed by atoms with Crippen LogP contribution in [0.3, 0.4) is 0 Å². The molecule has 1 fully saturated rings. The number of hydrogen-bond donors (Lipinski definition) is 0. The number of carbonyl (C=O) groups excluding carboxylic acids is 1. The Morgan fingerprint density at radius 2 is 2.22 bits per heavy atom. The number of hydrogen-bond acceptors (Lipinski definition) is 9. The van der Waals surface area contributed by atoms with Crippen LogP contribution in [0.1, 0.15) is 35.0 Å². The van der Waals surface area contributed by atoms with E-state index < -0.39 is 10.9 Å². The molecule has 27 heavy (non-hydrogen) atoms. The lowest BCUT2D eigenvalue weighted by Crippen LogP contribution is -2.34. The molecule has 10 nitrogen and oxygen atoms in total. The molecule has 1 aromatic carbocycles. The third kappa shape index (κ3) is 3.83. The van der Waals surface area contributed by atoms with Gasteiger partial charge in [0.2, 0.25) is 5.89 Å². The van der Waals surface area contributed by atoms with Crippen molar-refractivity contribution in [3.05, 3.63) is 39.8 Å². The van der Waals surface area contributed by atoms with Crippen LogP contribution in [0.25, 0.3) is 0 Å². The number of benzene rings is 1. The monoisotopic (exact) mass is 375 g/mol. The van der Waals surface area contributed by atoms with E-state index >= 15 is 0 Å². The molecule has 2 aromatic rings. The van der Waals surface area contributed by atoms with E-state index in [1.165, 1.54) is 19.2 Å². The fourth-order valence-electron chi connectivity index (χ4n) is 3.14. The summed E-state index contributed by atoms with van der Waals surface area (Å²) in [7, 11) is 4.88. The number of anilines is 2. The molecule has 10 heteroatoms. The van der Waals surface area contributed by atoms with Gasteiger partial charge in [0, 0.05) is 38.9 Å². The maximum Gasteiger partial charge on any atom is 0.344 e. The molecule has 1 saturated heterocycles. The fraction of sp³-hybridized carbons (Fsp3) is 0.471. The van der Waals surface area contributed by atoms with Crippen molar-refractivity contribution < 1.29 is 19.0 Å². The Morgan fingerprint density at radius 1 is 1.44 bits per heavy atom. The lowest BCUT2D eigenvalue weighted by molar-refractivity contribution is -0.385. The first-order valence-electron chi connectivity index (χ1n) is 8.53. The first-order valence-corrected chi connectivity index (χ1v) is 8.53. The molecule has 2 heterocycles. The molecule has 0 spiro atoms. The van der Waals surface area contributed by atoms with E-state index in [1.54, 1.807) is 11.0 Å². The van der Waals surface area contributed by atoms with Gasteiger partial charge in [-0.1, -0.05) is 0 Å².